The number of rotatable bonds is 0. The first-order valence-corrected chi connectivity index (χ1v) is 7.03. The van der Waals surface area contributed by atoms with Crippen LogP contribution in [-0.4, -0.2) is 14.8 Å². The van der Waals surface area contributed by atoms with E-state index in [4.69, 9.17) is 24.4 Å². The molecule has 58 valence electrons. The van der Waals surface area contributed by atoms with Gasteiger partial charge in [-0.05, 0) is 28.0 Å². The first-order valence-electron chi connectivity index (χ1n) is 3.08. The fourth-order valence-corrected chi connectivity index (χ4v) is 5.25. The minimum Gasteiger partial charge on any atom is -0.123 e. The van der Waals surface area contributed by atoms with Crippen LogP contribution in [0.25, 0.3) is 0 Å². The summed E-state index contributed by atoms with van der Waals surface area (Å²) in [5.41, 5.74) is 0. The Bertz CT molecular complexity index is 264. The van der Waals surface area contributed by atoms with Crippen molar-refractivity contribution in [1.29, 1.82) is 0 Å². The van der Waals surface area contributed by atoms with Gasteiger partial charge in [0.05, 0.1) is 9.10 Å². The smallest absolute Gasteiger partial charge is 0.0972 e. The predicted octanol–water partition coefficient (Wildman–Crippen LogP) is 3.43. The minimum absolute atomic E-state index is 1.03. The lowest BCUT2D eigenvalue weighted by atomic mass is 10.3. The second kappa shape index (κ2) is 3.38. The van der Waals surface area contributed by atoms with E-state index >= 15 is 0 Å². The van der Waals surface area contributed by atoms with Crippen LogP contribution < -0.4 is 0 Å². The summed E-state index contributed by atoms with van der Waals surface area (Å²) in [6.07, 6.45) is 1.06. The van der Waals surface area contributed by atoms with Crippen LogP contribution in [0.15, 0.2) is 9.81 Å². The van der Waals surface area contributed by atoms with Gasteiger partial charge < -0.3 is 0 Å². The minimum atomic E-state index is 1.03. The van der Waals surface area contributed by atoms with Crippen molar-refractivity contribution in [1.82, 2.24) is 0 Å². The van der Waals surface area contributed by atoms with Gasteiger partial charge in [0.25, 0.3) is 0 Å². The van der Waals surface area contributed by atoms with Crippen LogP contribution in [0.1, 0.15) is 6.42 Å². The molecule has 0 saturated carbocycles. The molecule has 2 aliphatic rings. The summed E-state index contributed by atoms with van der Waals surface area (Å²) in [5.74, 6) is 1.14. The van der Waals surface area contributed by atoms with E-state index in [1.165, 1.54) is 9.81 Å². The molecule has 0 N–H and O–H groups in total. The van der Waals surface area contributed by atoms with Crippen molar-refractivity contribution in [3.8, 4) is 0 Å². The number of thiocarbonyl (C=S) groups is 2. The molecule has 0 unspecified atom stereocenters. The number of hydrogen-bond acceptors (Lipinski definition) is 5. The molecule has 2 heterocycles. The van der Waals surface area contributed by atoms with Crippen molar-refractivity contribution in [2.45, 2.75) is 6.42 Å². The molecule has 0 bridgehead atoms. The summed E-state index contributed by atoms with van der Waals surface area (Å²) >= 11 is 12.2. The summed E-state index contributed by atoms with van der Waals surface area (Å²) in [4.78, 5) is 3.66. The molecule has 0 aromatic rings. The highest BCUT2D eigenvalue weighted by molar-refractivity contribution is 8.90. The number of thioether (sulfide) groups is 1. The van der Waals surface area contributed by atoms with Gasteiger partial charge in [-0.25, -0.2) is 0 Å². The maximum atomic E-state index is 5.21. The van der Waals surface area contributed by atoms with Crippen molar-refractivity contribution in [2.24, 2.45) is 0 Å². The lowest BCUT2D eigenvalue weighted by molar-refractivity contribution is 1.38. The van der Waals surface area contributed by atoms with Crippen molar-refractivity contribution in [3.63, 3.8) is 0 Å². The van der Waals surface area contributed by atoms with Gasteiger partial charge in [0.2, 0.25) is 0 Å². The molecule has 2 aliphatic heterocycles. The zero-order valence-electron chi connectivity index (χ0n) is 5.46. The molecule has 0 nitrogen and oxygen atoms in total. The average molecular weight is 236 g/mol. The van der Waals surface area contributed by atoms with Crippen molar-refractivity contribution >= 4 is 66.8 Å². The quantitative estimate of drug-likeness (QED) is 0.358. The fourth-order valence-electron chi connectivity index (χ4n) is 0.880. The maximum Gasteiger partial charge on any atom is 0.0972 e. The van der Waals surface area contributed by atoms with Gasteiger partial charge in [-0.1, -0.05) is 24.4 Å². The molecule has 2 saturated heterocycles. The number of hydrogen-bond donors (Lipinski definition) is 0. The second-order valence-electron chi connectivity index (χ2n) is 2.13. The van der Waals surface area contributed by atoms with E-state index in [0.29, 0.717) is 0 Å². The van der Waals surface area contributed by atoms with E-state index in [1.807, 2.05) is 11.8 Å². The SMILES string of the molecule is S=C1CCS/C1=C1/SSC1=S. The standard InChI is InChI=1S/C6H4S5/c7-3-1-2-9-4(3)5-6(8)11-10-5/h1-2H2/b5-4+. The first kappa shape index (κ1) is 8.56. The third kappa shape index (κ3) is 1.54. The van der Waals surface area contributed by atoms with Crippen molar-refractivity contribution in [2.75, 3.05) is 5.75 Å². The molecule has 0 aromatic heterocycles. The van der Waals surface area contributed by atoms with Gasteiger partial charge in [-0.2, -0.15) is 0 Å². The number of allylic oxidation sites excluding steroid dienone is 1. The molecule has 11 heavy (non-hydrogen) atoms. The average Bonchev–Trinajstić information content (AvgIpc) is 2.34. The highest BCUT2D eigenvalue weighted by Gasteiger charge is 2.28. The molecule has 0 spiro atoms. The van der Waals surface area contributed by atoms with E-state index in [9.17, 15) is 0 Å². The van der Waals surface area contributed by atoms with Crippen LogP contribution >= 0.6 is 57.8 Å². The summed E-state index contributed by atoms with van der Waals surface area (Å²) in [7, 11) is 3.44. The zero-order valence-corrected chi connectivity index (χ0v) is 9.54. The Morgan fingerprint density at radius 3 is 2.27 bits per heavy atom. The fraction of sp³-hybridized carbons (Fsp3) is 0.333. The Labute approximate surface area is 88.3 Å². The lowest BCUT2D eigenvalue weighted by Gasteiger charge is -2.17. The monoisotopic (exact) mass is 236 g/mol. The zero-order chi connectivity index (χ0) is 7.84. The van der Waals surface area contributed by atoms with Crippen LogP contribution in [0.2, 0.25) is 0 Å². The van der Waals surface area contributed by atoms with Gasteiger partial charge in [0.1, 0.15) is 0 Å². The summed E-state index contributed by atoms with van der Waals surface area (Å²) < 4.78 is 1.03. The first-order chi connectivity index (χ1) is 5.29. The van der Waals surface area contributed by atoms with Crippen LogP contribution in [-0.2, 0) is 0 Å². The van der Waals surface area contributed by atoms with Gasteiger partial charge in [-0.3, -0.25) is 0 Å². The topological polar surface area (TPSA) is 0 Å². The van der Waals surface area contributed by atoms with Gasteiger partial charge >= 0.3 is 0 Å². The summed E-state index contributed by atoms with van der Waals surface area (Å²) in [5, 5.41) is 0. The Morgan fingerprint density at radius 2 is 1.91 bits per heavy atom. The van der Waals surface area contributed by atoms with Gasteiger partial charge in [0.15, 0.2) is 0 Å². The van der Waals surface area contributed by atoms with Crippen LogP contribution in [0.5, 0.6) is 0 Å². The largest absolute Gasteiger partial charge is 0.123 e. The molecular formula is C6H4S5. The Morgan fingerprint density at radius 1 is 1.09 bits per heavy atom. The van der Waals surface area contributed by atoms with Crippen molar-refractivity contribution < 1.29 is 0 Å². The van der Waals surface area contributed by atoms with E-state index in [-0.39, 0.29) is 0 Å². The molecular weight excluding hydrogens is 232 g/mol. The Kier molecular flexibility index (Phi) is 2.63. The molecule has 0 amide bonds. The second-order valence-corrected chi connectivity index (χ2v) is 6.55. The molecule has 0 radical (unpaired) electrons. The van der Waals surface area contributed by atoms with Crippen LogP contribution in [0, 0.1) is 0 Å². The van der Waals surface area contributed by atoms with Crippen molar-refractivity contribution in [3.05, 3.63) is 9.81 Å². The highest BCUT2D eigenvalue weighted by atomic mass is 33.1. The van der Waals surface area contributed by atoms with E-state index in [0.717, 1.165) is 21.2 Å². The molecule has 2 fully saturated rings. The van der Waals surface area contributed by atoms with Crippen LogP contribution in [0.3, 0.4) is 0 Å². The normalized spacial score (nSPS) is 30.9. The molecule has 0 atom stereocenters. The van der Waals surface area contributed by atoms with Crippen LogP contribution in [0.4, 0.5) is 0 Å². The van der Waals surface area contributed by atoms with E-state index in [2.05, 4.69) is 0 Å². The summed E-state index contributed by atoms with van der Waals surface area (Å²) in [6.45, 7) is 0. The maximum absolute atomic E-state index is 5.21. The van der Waals surface area contributed by atoms with E-state index < -0.39 is 0 Å². The van der Waals surface area contributed by atoms with Gasteiger partial charge in [0, 0.05) is 15.5 Å². The van der Waals surface area contributed by atoms with E-state index in [1.54, 1.807) is 21.6 Å². The third-order valence-electron chi connectivity index (χ3n) is 1.42. The van der Waals surface area contributed by atoms with Gasteiger partial charge in [-0.15, -0.1) is 11.8 Å². The Hall–Kier alpha value is 0.970. The lowest BCUT2D eigenvalue weighted by Crippen LogP contribution is -2.03. The predicted molar refractivity (Wildman–Crippen MR) is 64.5 cm³/mol. The molecule has 0 aromatic carbocycles. The molecule has 0 aliphatic carbocycles. The Balaban J connectivity index is 2.31. The third-order valence-corrected chi connectivity index (χ3v) is 6.53. The molecule has 2 rings (SSSR count). The molecule has 5 heteroatoms. The highest BCUT2D eigenvalue weighted by Crippen LogP contribution is 2.52. The summed E-state index contributed by atoms with van der Waals surface area (Å²) in [6, 6.07) is 0.